The van der Waals surface area contributed by atoms with E-state index in [9.17, 15) is 0 Å². The molecule has 0 radical (unpaired) electrons. The minimum atomic E-state index is 0.958. The molecule has 0 unspecified atom stereocenters. The number of hydrogen-bond acceptors (Lipinski definition) is 1. The third-order valence-electron chi connectivity index (χ3n) is 8.18. The maximum atomic E-state index is 4.15. The summed E-state index contributed by atoms with van der Waals surface area (Å²) < 4.78 is 0. The molecule has 1 heteroatoms. The molecule has 0 spiro atoms. The standard InChI is InChI=1S/C41H31N/c1-4-12-32(5-2)42(33-17-9-15-30(26-33)29-14-8-13-28(3)25-29)34-18-10-16-31(27-34)35-23-24-40-37-20-7-6-19-36(37)39-22-11-21-38(35)41(39)40/h4-27H,1-2H2,3H3/b32-12+. The molecule has 0 bridgehead atoms. The first-order valence-corrected chi connectivity index (χ1v) is 14.3. The molecule has 200 valence electrons. The Kier molecular flexibility index (Phi) is 6.41. The van der Waals surface area contributed by atoms with Crippen LogP contribution in [0.4, 0.5) is 11.4 Å². The monoisotopic (exact) mass is 537 g/mol. The first-order valence-electron chi connectivity index (χ1n) is 14.3. The van der Waals surface area contributed by atoms with E-state index in [-0.39, 0.29) is 0 Å². The van der Waals surface area contributed by atoms with E-state index in [4.69, 9.17) is 0 Å². The van der Waals surface area contributed by atoms with Gasteiger partial charge >= 0.3 is 0 Å². The average Bonchev–Trinajstić information content (AvgIpc) is 3.36. The Labute approximate surface area is 248 Å². The summed E-state index contributed by atoms with van der Waals surface area (Å²) in [6.45, 7) is 10.3. The van der Waals surface area contributed by atoms with E-state index in [2.05, 4.69) is 152 Å². The van der Waals surface area contributed by atoms with Gasteiger partial charge in [0.05, 0.1) is 0 Å². The quantitative estimate of drug-likeness (QED) is 0.183. The van der Waals surface area contributed by atoms with Gasteiger partial charge < -0.3 is 4.90 Å². The van der Waals surface area contributed by atoms with Crippen LogP contribution in [0.25, 0.3) is 55.3 Å². The van der Waals surface area contributed by atoms with Crippen LogP contribution in [0.2, 0.25) is 0 Å². The molecule has 7 rings (SSSR count). The van der Waals surface area contributed by atoms with Crippen LogP contribution in [-0.4, -0.2) is 0 Å². The van der Waals surface area contributed by atoms with Crippen LogP contribution in [-0.2, 0) is 0 Å². The summed E-state index contributed by atoms with van der Waals surface area (Å²) in [6, 6.07) is 46.1. The summed E-state index contributed by atoms with van der Waals surface area (Å²) in [4.78, 5) is 2.26. The van der Waals surface area contributed by atoms with Crippen molar-refractivity contribution < 1.29 is 0 Å². The molecule has 6 aromatic rings. The Morgan fingerprint density at radius 2 is 1.12 bits per heavy atom. The number of hydrogen-bond donors (Lipinski definition) is 0. The van der Waals surface area contributed by atoms with Gasteiger partial charge in [0.15, 0.2) is 0 Å². The van der Waals surface area contributed by atoms with E-state index < -0.39 is 0 Å². The number of anilines is 2. The van der Waals surface area contributed by atoms with Gasteiger partial charge in [-0.15, -0.1) is 0 Å². The van der Waals surface area contributed by atoms with Gasteiger partial charge in [-0.1, -0.05) is 128 Å². The van der Waals surface area contributed by atoms with E-state index in [1.807, 2.05) is 18.2 Å². The summed E-state index contributed by atoms with van der Waals surface area (Å²) in [7, 11) is 0. The highest BCUT2D eigenvalue weighted by Crippen LogP contribution is 2.49. The Hall–Kier alpha value is -5.40. The summed E-state index contributed by atoms with van der Waals surface area (Å²) in [5.74, 6) is 0. The Morgan fingerprint density at radius 1 is 0.548 bits per heavy atom. The second kappa shape index (κ2) is 10.5. The lowest BCUT2D eigenvalue weighted by Crippen LogP contribution is -2.15. The zero-order valence-electron chi connectivity index (χ0n) is 23.7. The van der Waals surface area contributed by atoms with Gasteiger partial charge in [-0.3, -0.25) is 0 Å². The molecule has 0 aliphatic heterocycles. The van der Waals surface area contributed by atoms with Gasteiger partial charge in [0.2, 0.25) is 0 Å². The second-order valence-corrected chi connectivity index (χ2v) is 10.8. The lowest BCUT2D eigenvalue weighted by molar-refractivity contribution is 1.21. The number of nitrogens with zero attached hydrogens (tertiary/aromatic N) is 1. The van der Waals surface area contributed by atoms with Crippen molar-refractivity contribution in [2.24, 2.45) is 0 Å². The minimum Gasteiger partial charge on any atom is -0.310 e. The Bertz CT molecular complexity index is 2010. The molecule has 1 nitrogen and oxygen atoms in total. The smallest absolute Gasteiger partial charge is 0.0467 e. The number of aryl methyl sites for hydroxylation is 1. The van der Waals surface area contributed by atoms with E-state index in [1.54, 1.807) is 0 Å². The number of allylic oxidation sites excluding steroid dienone is 3. The molecule has 0 fully saturated rings. The predicted molar refractivity (Wildman–Crippen MR) is 181 cm³/mol. The molecule has 6 aromatic carbocycles. The molecule has 42 heavy (non-hydrogen) atoms. The number of rotatable bonds is 7. The van der Waals surface area contributed by atoms with Gasteiger partial charge in [-0.25, -0.2) is 0 Å². The summed E-state index contributed by atoms with van der Waals surface area (Å²) in [5.41, 5.74) is 14.4. The minimum absolute atomic E-state index is 0.958. The fourth-order valence-corrected chi connectivity index (χ4v) is 6.32. The normalized spacial score (nSPS) is 11.8. The molecular formula is C41H31N. The number of benzene rings is 6. The van der Waals surface area contributed by atoms with Gasteiger partial charge in [-0.2, -0.15) is 0 Å². The molecule has 0 saturated carbocycles. The van der Waals surface area contributed by atoms with E-state index in [0.717, 1.165) is 17.1 Å². The maximum Gasteiger partial charge on any atom is 0.0467 e. The lowest BCUT2D eigenvalue weighted by atomic mass is 9.94. The van der Waals surface area contributed by atoms with Gasteiger partial charge in [0, 0.05) is 17.1 Å². The zero-order valence-corrected chi connectivity index (χ0v) is 23.7. The summed E-state index contributed by atoms with van der Waals surface area (Å²) in [5, 5.41) is 2.61. The molecule has 1 aliphatic carbocycles. The van der Waals surface area contributed by atoms with Crippen LogP contribution >= 0.6 is 0 Å². The van der Waals surface area contributed by atoms with Crippen molar-refractivity contribution in [3.63, 3.8) is 0 Å². The van der Waals surface area contributed by atoms with Crippen molar-refractivity contribution in [2.45, 2.75) is 6.92 Å². The van der Waals surface area contributed by atoms with Gasteiger partial charge in [-0.05, 0) is 98.6 Å². The van der Waals surface area contributed by atoms with Gasteiger partial charge in [0.1, 0.15) is 0 Å². The van der Waals surface area contributed by atoms with Crippen LogP contribution in [0.5, 0.6) is 0 Å². The Morgan fingerprint density at radius 3 is 1.81 bits per heavy atom. The highest BCUT2D eigenvalue weighted by atomic mass is 15.1. The van der Waals surface area contributed by atoms with Crippen molar-refractivity contribution in [1.29, 1.82) is 0 Å². The third-order valence-corrected chi connectivity index (χ3v) is 8.18. The molecular weight excluding hydrogens is 506 g/mol. The molecule has 0 amide bonds. The van der Waals surface area contributed by atoms with Crippen molar-refractivity contribution in [2.75, 3.05) is 4.90 Å². The van der Waals surface area contributed by atoms with Crippen LogP contribution in [0.15, 0.2) is 164 Å². The second-order valence-electron chi connectivity index (χ2n) is 10.8. The van der Waals surface area contributed by atoms with Crippen LogP contribution in [0.1, 0.15) is 5.56 Å². The molecule has 0 saturated heterocycles. The third kappa shape index (κ3) is 4.27. The van der Waals surface area contributed by atoms with E-state index in [1.165, 1.54) is 60.8 Å². The highest BCUT2D eigenvalue weighted by molar-refractivity contribution is 6.18. The molecule has 1 aliphatic rings. The van der Waals surface area contributed by atoms with E-state index in [0.29, 0.717) is 0 Å². The van der Waals surface area contributed by atoms with Crippen molar-refractivity contribution >= 4 is 22.1 Å². The van der Waals surface area contributed by atoms with E-state index >= 15 is 0 Å². The van der Waals surface area contributed by atoms with Gasteiger partial charge in [0.25, 0.3) is 0 Å². The summed E-state index contributed by atoms with van der Waals surface area (Å²) in [6.07, 6.45) is 5.72. The lowest BCUT2D eigenvalue weighted by Gasteiger charge is -2.27. The average molecular weight is 538 g/mol. The highest BCUT2D eigenvalue weighted by Gasteiger charge is 2.22. The molecule has 0 N–H and O–H groups in total. The van der Waals surface area contributed by atoms with Crippen LogP contribution < -0.4 is 4.90 Å². The van der Waals surface area contributed by atoms with Crippen molar-refractivity contribution in [3.8, 4) is 44.5 Å². The van der Waals surface area contributed by atoms with Crippen LogP contribution in [0, 0.1) is 6.92 Å². The fraction of sp³-hybridized carbons (Fsp3) is 0.0244. The Balaban J connectivity index is 1.38. The first kappa shape index (κ1) is 25.6. The molecule has 0 aromatic heterocycles. The van der Waals surface area contributed by atoms with Crippen molar-refractivity contribution in [1.82, 2.24) is 0 Å². The molecule has 0 atom stereocenters. The van der Waals surface area contributed by atoms with Crippen LogP contribution in [0.3, 0.4) is 0 Å². The topological polar surface area (TPSA) is 3.24 Å². The fourth-order valence-electron chi connectivity index (χ4n) is 6.32. The SMILES string of the molecule is C=C/C=C(\C=C)N(c1cccc(-c2cccc(C)c2)c1)c1cccc(-c2ccc3c4c(cccc24)-c2ccccc2-3)c1. The first-order chi connectivity index (χ1) is 20.7. The largest absolute Gasteiger partial charge is 0.310 e. The number of fused-ring (bicyclic) bond motifs is 3. The van der Waals surface area contributed by atoms with Crippen molar-refractivity contribution in [3.05, 3.63) is 170 Å². The molecule has 0 heterocycles. The maximum absolute atomic E-state index is 4.15. The zero-order chi connectivity index (χ0) is 28.6. The summed E-state index contributed by atoms with van der Waals surface area (Å²) >= 11 is 0. The predicted octanol–water partition coefficient (Wildman–Crippen LogP) is 11.5.